The van der Waals surface area contributed by atoms with Crippen LogP contribution in [0.1, 0.15) is 51.9 Å². The molecule has 0 radical (unpaired) electrons. The van der Waals surface area contributed by atoms with Crippen LogP contribution in [-0.4, -0.2) is 31.7 Å². The number of nitrogens with one attached hydrogen (secondary N) is 1. The van der Waals surface area contributed by atoms with Gasteiger partial charge in [-0.3, -0.25) is 4.79 Å². The Morgan fingerprint density at radius 2 is 1.70 bits per heavy atom. The summed E-state index contributed by atoms with van der Waals surface area (Å²) >= 11 is 0. The molecule has 0 aromatic heterocycles. The minimum absolute atomic E-state index is 0.0324. The van der Waals surface area contributed by atoms with Gasteiger partial charge in [0.25, 0.3) is 0 Å². The predicted octanol–water partition coefficient (Wildman–Crippen LogP) is 3.38. The van der Waals surface area contributed by atoms with Crippen LogP contribution in [0, 0.1) is 0 Å². The summed E-state index contributed by atoms with van der Waals surface area (Å²) in [5.74, 6) is -0.0324. The first-order valence-electron chi connectivity index (χ1n) is 8.44. The number of unbranched alkanes of at least 4 members (excludes halogenated alkanes) is 1. The highest BCUT2D eigenvalue weighted by molar-refractivity contribution is 7.89. The fourth-order valence-electron chi connectivity index (χ4n) is 2.70. The summed E-state index contributed by atoms with van der Waals surface area (Å²) in [6.45, 7) is 3.23. The van der Waals surface area contributed by atoms with Crippen LogP contribution in [0.5, 0.6) is 0 Å². The predicted molar refractivity (Wildman–Crippen MR) is 91.8 cm³/mol. The van der Waals surface area contributed by atoms with Crippen LogP contribution < -0.4 is 5.32 Å². The van der Waals surface area contributed by atoms with Crippen LogP contribution in [-0.2, 0) is 14.8 Å². The third-order valence-corrected chi connectivity index (χ3v) is 6.01. The second-order valence-corrected chi connectivity index (χ2v) is 7.93. The lowest BCUT2D eigenvalue weighted by molar-refractivity contribution is -0.116. The summed E-state index contributed by atoms with van der Waals surface area (Å²) in [4.78, 5) is 12.0. The molecule has 1 aliphatic heterocycles. The minimum Gasteiger partial charge on any atom is -0.326 e. The number of anilines is 1. The van der Waals surface area contributed by atoms with E-state index in [0.717, 1.165) is 38.5 Å². The Balaban J connectivity index is 2.04. The Morgan fingerprint density at radius 1 is 1.09 bits per heavy atom. The molecule has 128 valence electrons. The van der Waals surface area contributed by atoms with Crippen molar-refractivity contribution in [1.29, 1.82) is 0 Å². The highest BCUT2D eigenvalue weighted by Crippen LogP contribution is 2.21. The van der Waals surface area contributed by atoms with Gasteiger partial charge in [-0.15, -0.1) is 0 Å². The molecule has 0 atom stereocenters. The maximum atomic E-state index is 12.7. The lowest BCUT2D eigenvalue weighted by atomic mass is 10.2. The highest BCUT2D eigenvalue weighted by Gasteiger charge is 2.24. The van der Waals surface area contributed by atoms with Gasteiger partial charge >= 0.3 is 0 Å². The van der Waals surface area contributed by atoms with Gasteiger partial charge in [0.1, 0.15) is 0 Å². The van der Waals surface area contributed by atoms with Gasteiger partial charge in [-0.1, -0.05) is 26.2 Å². The standard InChI is InChI=1S/C17H26N2O3S/c1-2-3-8-17(20)18-15-9-11-16(12-10-15)23(21,22)19-13-6-4-5-7-14-19/h9-12H,2-8,13-14H2,1H3,(H,18,20). The highest BCUT2D eigenvalue weighted by atomic mass is 32.2. The lowest BCUT2D eigenvalue weighted by Gasteiger charge is -2.20. The van der Waals surface area contributed by atoms with E-state index in [4.69, 9.17) is 0 Å². The van der Waals surface area contributed by atoms with Gasteiger partial charge in [0.15, 0.2) is 0 Å². The maximum absolute atomic E-state index is 12.7. The van der Waals surface area contributed by atoms with Crippen molar-refractivity contribution in [3.05, 3.63) is 24.3 Å². The molecule has 1 N–H and O–H groups in total. The topological polar surface area (TPSA) is 66.5 Å². The molecule has 0 saturated carbocycles. The molecule has 0 bridgehead atoms. The zero-order chi connectivity index (χ0) is 16.7. The molecule has 0 aliphatic carbocycles. The van der Waals surface area contributed by atoms with Gasteiger partial charge in [-0.2, -0.15) is 4.31 Å². The molecule has 0 unspecified atom stereocenters. The number of carbonyl (C=O) groups is 1. The molecule has 2 rings (SSSR count). The first-order chi connectivity index (χ1) is 11.0. The number of carbonyl (C=O) groups excluding carboxylic acids is 1. The van der Waals surface area contributed by atoms with Crippen LogP contribution in [0.25, 0.3) is 0 Å². The van der Waals surface area contributed by atoms with Crippen molar-refractivity contribution in [2.75, 3.05) is 18.4 Å². The first-order valence-corrected chi connectivity index (χ1v) is 9.88. The Hall–Kier alpha value is -1.40. The van der Waals surface area contributed by atoms with Crippen LogP contribution in [0.15, 0.2) is 29.2 Å². The molecular formula is C17H26N2O3S. The first kappa shape index (κ1) is 17.9. The number of amides is 1. The summed E-state index contributed by atoms with van der Waals surface area (Å²) in [6, 6.07) is 6.48. The van der Waals surface area contributed by atoms with Crippen LogP contribution >= 0.6 is 0 Å². The molecule has 5 nitrogen and oxygen atoms in total. The van der Waals surface area contributed by atoms with Gasteiger partial charge in [0.2, 0.25) is 15.9 Å². The van der Waals surface area contributed by atoms with Gasteiger partial charge < -0.3 is 5.32 Å². The lowest BCUT2D eigenvalue weighted by Crippen LogP contribution is -2.31. The smallest absolute Gasteiger partial charge is 0.243 e. The fourth-order valence-corrected chi connectivity index (χ4v) is 4.22. The summed E-state index contributed by atoms with van der Waals surface area (Å²) < 4.78 is 26.9. The second kappa shape index (κ2) is 8.45. The fraction of sp³-hybridized carbons (Fsp3) is 0.588. The molecule has 1 amide bonds. The van der Waals surface area contributed by atoms with E-state index in [-0.39, 0.29) is 5.91 Å². The van der Waals surface area contributed by atoms with Crippen molar-refractivity contribution < 1.29 is 13.2 Å². The molecule has 6 heteroatoms. The Morgan fingerprint density at radius 3 is 2.26 bits per heavy atom. The average Bonchev–Trinajstić information content (AvgIpc) is 2.83. The molecule has 1 fully saturated rings. The van der Waals surface area contributed by atoms with Crippen molar-refractivity contribution in [3.8, 4) is 0 Å². The van der Waals surface area contributed by atoms with Crippen LogP contribution in [0.3, 0.4) is 0 Å². The Kier molecular flexibility index (Phi) is 6.59. The second-order valence-electron chi connectivity index (χ2n) is 5.99. The number of benzene rings is 1. The normalized spacial score (nSPS) is 16.7. The molecule has 1 heterocycles. The molecule has 0 spiro atoms. The zero-order valence-electron chi connectivity index (χ0n) is 13.8. The van der Waals surface area contributed by atoms with Crippen molar-refractivity contribution in [1.82, 2.24) is 4.31 Å². The van der Waals surface area contributed by atoms with Crippen molar-refractivity contribution in [2.24, 2.45) is 0 Å². The largest absolute Gasteiger partial charge is 0.326 e. The average molecular weight is 338 g/mol. The molecule has 1 aromatic carbocycles. The number of rotatable bonds is 6. The quantitative estimate of drug-likeness (QED) is 0.864. The number of hydrogen-bond acceptors (Lipinski definition) is 3. The monoisotopic (exact) mass is 338 g/mol. The summed E-state index contributed by atoms with van der Waals surface area (Å²) in [6.07, 6.45) is 6.34. The van der Waals surface area contributed by atoms with E-state index in [1.165, 1.54) is 0 Å². The van der Waals surface area contributed by atoms with E-state index in [1.54, 1.807) is 28.6 Å². The SMILES string of the molecule is CCCCC(=O)Nc1ccc(S(=O)(=O)N2CCCCCC2)cc1. The zero-order valence-corrected chi connectivity index (χ0v) is 14.6. The summed E-state index contributed by atoms with van der Waals surface area (Å²) in [7, 11) is -3.42. The third-order valence-electron chi connectivity index (χ3n) is 4.10. The molecular weight excluding hydrogens is 312 g/mol. The third kappa shape index (κ3) is 5.04. The van der Waals surface area contributed by atoms with Gasteiger partial charge in [-0.05, 0) is 43.5 Å². The summed E-state index contributed by atoms with van der Waals surface area (Å²) in [5.41, 5.74) is 0.640. The van der Waals surface area contributed by atoms with E-state index in [9.17, 15) is 13.2 Å². The maximum Gasteiger partial charge on any atom is 0.243 e. The van der Waals surface area contributed by atoms with Gasteiger partial charge in [0.05, 0.1) is 4.90 Å². The van der Waals surface area contributed by atoms with Gasteiger partial charge in [-0.25, -0.2) is 8.42 Å². The van der Waals surface area contributed by atoms with E-state index in [0.29, 0.717) is 30.1 Å². The van der Waals surface area contributed by atoms with Crippen molar-refractivity contribution in [2.45, 2.75) is 56.8 Å². The van der Waals surface area contributed by atoms with Crippen molar-refractivity contribution in [3.63, 3.8) is 0 Å². The number of nitrogens with zero attached hydrogens (tertiary/aromatic N) is 1. The molecule has 23 heavy (non-hydrogen) atoms. The van der Waals surface area contributed by atoms with E-state index < -0.39 is 10.0 Å². The molecule has 1 aromatic rings. The Labute approximate surface area is 139 Å². The number of hydrogen-bond donors (Lipinski definition) is 1. The van der Waals surface area contributed by atoms with Crippen LogP contribution in [0.4, 0.5) is 5.69 Å². The van der Waals surface area contributed by atoms with E-state index in [2.05, 4.69) is 5.32 Å². The molecule has 1 aliphatic rings. The van der Waals surface area contributed by atoms with E-state index in [1.807, 2.05) is 6.92 Å². The molecule has 1 saturated heterocycles. The number of sulfonamides is 1. The van der Waals surface area contributed by atoms with Crippen LogP contribution in [0.2, 0.25) is 0 Å². The summed E-state index contributed by atoms with van der Waals surface area (Å²) in [5, 5.41) is 2.80. The van der Waals surface area contributed by atoms with Crippen molar-refractivity contribution >= 4 is 21.6 Å². The minimum atomic E-state index is -3.42. The van der Waals surface area contributed by atoms with E-state index >= 15 is 0 Å². The Bertz CT molecular complexity index is 603. The van der Waals surface area contributed by atoms with Gasteiger partial charge in [0, 0.05) is 25.2 Å².